The number of nitrogens with two attached hydrogens (primary N) is 1. The van der Waals surface area contributed by atoms with Crippen LogP contribution in [-0.4, -0.2) is 19.8 Å². The van der Waals surface area contributed by atoms with Gasteiger partial charge in [0.15, 0.2) is 9.84 Å². The second-order valence-electron chi connectivity index (χ2n) is 5.57. The molecule has 0 atom stereocenters. The van der Waals surface area contributed by atoms with Crippen molar-refractivity contribution in [2.75, 3.05) is 12.0 Å². The molecule has 0 aliphatic rings. The lowest BCUT2D eigenvalue weighted by Crippen LogP contribution is -2.00. The smallest absolute Gasteiger partial charge is 0.175 e. The summed E-state index contributed by atoms with van der Waals surface area (Å²) in [7, 11) is -3.34. The number of rotatable bonds is 3. The van der Waals surface area contributed by atoms with Gasteiger partial charge in [-0.3, -0.25) is 0 Å². The van der Waals surface area contributed by atoms with Crippen molar-refractivity contribution >= 4 is 26.9 Å². The van der Waals surface area contributed by atoms with Crippen LogP contribution in [0.25, 0.3) is 0 Å². The molecule has 2 aromatic rings. The topological polar surface area (TPSA) is 105 Å². The maximum atomic E-state index is 11.8. The molecule has 0 radical (unpaired) electrons. The minimum atomic E-state index is -3.34. The maximum Gasteiger partial charge on any atom is 0.175 e. The van der Waals surface area contributed by atoms with Crippen LogP contribution in [0, 0.1) is 20.8 Å². The van der Waals surface area contributed by atoms with E-state index in [0.29, 0.717) is 28.2 Å². The molecule has 2 aromatic carbocycles. The van der Waals surface area contributed by atoms with Crippen molar-refractivity contribution in [1.29, 1.82) is 0 Å². The number of aromatic hydroxyl groups is 1. The molecule has 23 heavy (non-hydrogen) atoms. The summed E-state index contributed by atoms with van der Waals surface area (Å²) in [6.45, 7) is 5.30. The SMILES string of the molecule is Cc1cc(/N=N/c2cc(S(C)(=O)=O)c(C)cc2C)c(N)cc1O. The quantitative estimate of drug-likeness (QED) is 0.659. The summed E-state index contributed by atoms with van der Waals surface area (Å²) in [5.41, 5.74) is 9.09. The number of phenolic OH excluding ortho intramolecular Hbond substituents is 1. The van der Waals surface area contributed by atoms with E-state index in [2.05, 4.69) is 10.2 Å². The molecule has 2 rings (SSSR count). The predicted molar refractivity (Wildman–Crippen MR) is 90.5 cm³/mol. The fourth-order valence-corrected chi connectivity index (χ4v) is 3.19. The van der Waals surface area contributed by atoms with Gasteiger partial charge in [-0.05, 0) is 49.6 Å². The van der Waals surface area contributed by atoms with Gasteiger partial charge in [-0.1, -0.05) is 6.07 Å². The summed E-state index contributed by atoms with van der Waals surface area (Å²) >= 11 is 0. The minimum absolute atomic E-state index is 0.0901. The van der Waals surface area contributed by atoms with Crippen molar-refractivity contribution in [2.24, 2.45) is 10.2 Å². The number of sulfone groups is 1. The fraction of sp³-hybridized carbons (Fsp3) is 0.250. The summed E-state index contributed by atoms with van der Waals surface area (Å²) in [5, 5.41) is 17.8. The Hall–Kier alpha value is -2.41. The fourth-order valence-electron chi connectivity index (χ4n) is 2.22. The van der Waals surface area contributed by atoms with Crippen LogP contribution in [0.3, 0.4) is 0 Å². The number of hydrogen-bond acceptors (Lipinski definition) is 6. The maximum absolute atomic E-state index is 11.8. The number of nitrogen functional groups attached to an aromatic ring is 1. The average Bonchev–Trinajstić information content (AvgIpc) is 2.41. The molecule has 3 N–H and O–H groups in total. The van der Waals surface area contributed by atoms with Gasteiger partial charge < -0.3 is 10.8 Å². The normalized spacial score (nSPS) is 12.0. The summed E-state index contributed by atoms with van der Waals surface area (Å²) < 4.78 is 23.6. The number of hydrogen-bond donors (Lipinski definition) is 2. The first-order chi connectivity index (χ1) is 10.6. The monoisotopic (exact) mass is 333 g/mol. The van der Waals surface area contributed by atoms with Gasteiger partial charge in [0, 0.05) is 12.3 Å². The third-order valence-electron chi connectivity index (χ3n) is 3.50. The van der Waals surface area contributed by atoms with Crippen LogP contribution in [-0.2, 0) is 9.84 Å². The summed E-state index contributed by atoms with van der Waals surface area (Å²) in [5.74, 6) is 0.0901. The van der Waals surface area contributed by atoms with Gasteiger partial charge in [-0.2, -0.15) is 5.11 Å². The predicted octanol–water partition coefficient (Wildman–Crippen LogP) is 3.72. The number of azo groups is 1. The highest BCUT2D eigenvalue weighted by Crippen LogP contribution is 2.32. The van der Waals surface area contributed by atoms with E-state index < -0.39 is 9.84 Å². The molecule has 0 amide bonds. The molecule has 0 saturated heterocycles. The second-order valence-corrected chi connectivity index (χ2v) is 7.56. The Bertz CT molecular complexity index is 903. The van der Waals surface area contributed by atoms with Gasteiger partial charge in [0.25, 0.3) is 0 Å². The van der Waals surface area contributed by atoms with Crippen molar-refractivity contribution in [2.45, 2.75) is 25.7 Å². The number of phenols is 1. The Kier molecular flexibility index (Phi) is 4.42. The Morgan fingerprint density at radius 1 is 0.913 bits per heavy atom. The van der Waals surface area contributed by atoms with Crippen LogP contribution >= 0.6 is 0 Å². The zero-order chi connectivity index (χ0) is 17.4. The molecule has 0 heterocycles. The van der Waals surface area contributed by atoms with Crippen molar-refractivity contribution in [3.8, 4) is 5.75 Å². The Morgan fingerprint density at radius 2 is 1.52 bits per heavy atom. The highest BCUT2D eigenvalue weighted by atomic mass is 32.2. The molecular weight excluding hydrogens is 314 g/mol. The summed E-state index contributed by atoms with van der Waals surface area (Å²) in [6, 6.07) is 6.30. The van der Waals surface area contributed by atoms with Gasteiger partial charge in [-0.25, -0.2) is 8.42 Å². The molecule has 6 nitrogen and oxygen atoms in total. The molecule has 0 saturated carbocycles. The average molecular weight is 333 g/mol. The number of anilines is 1. The molecule has 122 valence electrons. The van der Waals surface area contributed by atoms with Crippen molar-refractivity contribution < 1.29 is 13.5 Å². The van der Waals surface area contributed by atoms with E-state index >= 15 is 0 Å². The van der Waals surface area contributed by atoms with Crippen LogP contribution in [0.2, 0.25) is 0 Å². The van der Waals surface area contributed by atoms with Crippen molar-refractivity contribution in [3.05, 3.63) is 41.0 Å². The lowest BCUT2D eigenvalue weighted by molar-refractivity contribution is 0.471. The molecule has 0 aromatic heterocycles. The third-order valence-corrected chi connectivity index (χ3v) is 4.74. The zero-order valence-electron chi connectivity index (χ0n) is 13.5. The molecule has 0 unspecified atom stereocenters. The van der Waals surface area contributed by atoms with E-state index in [4.69, 9.17) is 5.73 Å². The van der Waals surface area contributed by atoms with E-state index in [1.807, 2.05) is 6.92 Å². The van der Waals surface area contributed by atoms with Gasteiger partial charge in [-0.15, -0.1) is 5.11 Å². The molecule has 0 fully saturated rings. The van der Waals surface area contributed by atoms with E-state index in [0.717, 1.165) is 11.8 Å². The standard InChI is InChI=1S/C16H19N3O3S/c1-9-5-11(3)16(23(4,21)22)8-13(9)18-19-14-6-10(2)15(20)7-12(14)17/h5-8,20H,17H2,1-4H3/b19-18+. The molecule has 0 aliphatic carbocycles. The molecule has 0 aliphatic heterocycles. The zero-order valence-corrected chi connectivity index (χ0v) is 14.3. The highest BCUT2D eigenvalue weighted by Gasteiger charge is 2.13. The summed E-state index contributed by atoms with van der Waals surface area (Å²) in [4.78, 5) is 0.229. The van der Waals surface area contributed by atoms with Gasteiger partial charge >= 0.3 is 0 Å². The Labute approximate surface area is 135 Å². The lowest BCUT2D eigenvalue weighted by Gasteiger charge is -2.08. The third kappa shape index (κ3) is 3.68. The molecule has 0 bridgehead atoms. The van der Waals surface area contributed by atoms with Gasteiger partial charge in [0.1, 0.15) is 11.4 Å². The van der Waals surface area contributed by atoms with Crippen molar-refractivity contribution in [3.63, 3.8) is 0 Å². The minimum Gasteiger partial charge on any atom is -0.508 e. The van der Waals surface area contributed by atoms with Crippen LogP contribution in [0.4, 0.5) is 17.1 Å². The van der Waals surface area contributed by atoms with Crippen molar-refractivity contribution in [1.82, 2.24) is 0 Å². The number of benzene rings is 2. The highest BCUT2D eigenvalue weighted by molar-refractivity contribution is 7.90. The Balaban J connectivity index is 2.50. The first-order valence-corrected chi connectivity index (χ1v) is 8.81. The van der Waals surface area contributed by atoms with Gasteiger partial charge in [0.2, 0.25) is 0 Å². The van der Waals surface area contributed by atoms with E-state index in [1.165, 1.54) is 12.1 Å². The first kappa shape index (κ1) is 17.0. The molecular formula is C16H19N3O3S. The molecule has 7 heteroatoms. The van der Waals surface area contributed by atoms with Gasteiger partial charge in [0.05, 0.1) is 16.3 Å². The van der Waals surface area contributed by atoms with E-state index in [9.17, 15) is 13.5 Å². The number of aryl methyl sites for hydroxylation is 3. The Morgan fingerprint density at radius 3 is 2.13 bits per heavy atom. The lowest BCUT2D eigenvalue weighted by atomic mass is 10.1. The van der Waals surface area contributed by atoms with E-state index in [1.54, 1.807) is 26.0 Å². The molecule has 0 spiro atoms. The second kappa shape index (κ2) is 6.00. The largest absolute Gasteiger partial charge is 0.508 e. The van der Waals surface area contributed by atoms with E-state index in [-0.39, 0.29) is 10.6 Å². The van der Waals surface area contributed by atoms with Crippen LogP contribution in [0.5, 0.6) is 5.75 Å². The number of nitrogens with zero attached hydrogens (tertiary/aromatic N) is 2. The van der Waals surface area contributed by atoms with Crippen LogP contribution < -0.4 is 5.73 Å². The van der Waals surface area contributed by atoms with Crippen LogP contribution in [0.15, 0.2) is 39.4 Å². The first-order valence-electron chi connectivity index (χ1n) is 6.91. The summed E-state index contributed by atoms with van der Waals surface area (Å²) in [6.07, 6.45) is 1.16. The van der Waals surface area contributed by atoms with Crippen LogP contribution in [0.1, 0.15) is 16.7 Å².